The van der Waals surface area contributed by atoms with Crippen LogP contribution >= 0.6 is 0 Å². The maximum atomic E-state index is 11.8. The monoisotopic (exact) mass is 215 g/mol. The number of carbonyl (C=O) groups excluding carboxylic acids is 2. The molecule has 0 aliphatic rings. The van der Waals surface area contributed by atoms with Crippen LogP contribution in [0.1, 0.15) is 20.8 Å². The molecule has 15 heavy (non-hydrogen) atoms. The van der Waals surface area contributed by atoms with Crippen molar-refractivity contribution in [3.05, 3.63) is 0 Å². The van der Waals surface area contributed by atoms with E-state index in [1.807, 2.05) is 20.8 Å². The Morgan fingerprint density at radius 2 is 1.87 bits per heavy atom. The number of nitrogens with zero attached hydrogens (tertiary/aromatic N) is 1. The number of carbonyl (C=O) groups is 2. The standard InChI is InChI=1S/C10H21N3O2/c1-10(2,3)8(11)9(15)13(5)6-7(14)12-4/h8H,6,11H2,1-5H3,(H,12,14). The topological polar surface area (TPSA) is 75.4 Å². The van der Waals surface area contributed by atoms with Crippen molar-refractivity contribution in [2.24, 2.45) is 11.1 Å². The van der Waals surface area contributed by atoms with Crippen LogP contribution in [0.3, 0.4) is 0 Å². The molecule has 5 heteroatoms. The van der Waals surface area contributed by atoms with E-state index in [4.69, 9.17) is 5.73 Å². The van der Waals surface area contributed by atoms with Gasteiger partial charge in [0.15, 0.2) is 0 Å². The number of nitrogens with two attached hydrogens (primary N) is 1. The van der Waals surface area contributed by atoms with Gasteiger partial charge in [-0.15, -0.1) is 0 Å². The first-order valence-corrected chi connectivity index (χ1v) is 4.91. The lowest BCUT2D eigenvalue weighted by molar-refractivity contribution is -0.137. The van der Waals surface area contributed by atoms with E-state index in [1.165, 1.54) is 11.9 Å². The summed E-state index contributed by atoms with van der Waals surface area (Å²) in [4.78, 5) is 24.2. The van der Waals surface area contributed by atoms with E-state index in [9.17, 15) is 9.59 Å². The van der Waals surface area contributed by atoms with Gasteiger partial charge in [0.25, 0.3) is 0 Å². The Hall–Kier alpha value is -1.10. The molecule has 0 bridgehead atoms. The lowest BCUT2D eigenvalue weighted by Crippen LogP contribution is -2.51. The molecule has 0 aromatic rings. The van der Waals surface area contributed by atoms with Gasteiger partial charge < -0.3 is 16.0 Å². The average Bonchev–Trinajstić information content (AvgIpc) is 2.13. The molecule has 0 fully saturated rings. The lowest BCUT2D eigenvalue weighted by Gasteiger charge is -2.29. The second kappa shape index (κ2) is 5.11. The highest BCUT2D eigenvalue weighted by Crippen LogP contribution is 2.18. The minimum atomic E-state index is -0.591. The fourth-order valence-corrected chi connectivity index (χ4v) is 0.980. The second-order valence-electron chi connectivity index (χ2n) is 4.71. The summed E-state index contributed by atoms with van der Waals surface area (Å²) in [5, 5.41) is 2.45. The van der Waals surface area contributed by atoms with Crippen LogP contribution in [0.5, 0.6) is 0 Å². The summed E-state index contributed by atoms with van der Waals surface area (Å²) in [6.45, 7) is 5.72. The molecule has 2 amide bonds. The van der Waals surface area contributed by atoms with Gasteiger partial charge in [-0.25, -0.2) is 0 Å². The first-order valence-electron chi connectivity index (χ1n) is 4.91. The van der Waals surface area contributed by atoms with Gasteiger partial charge >= 0.3 is 0 Å². The van der Waals surface area contributed by atoms with E-state index in [0.29, 0.717) is 0 Å². The Morgan fingerprint density at radius 3 is 2.20 bits per heavy atom. The van der Waals surface area contributed by atoms with Crippen LogP contribution in [-0.2, 0) is 9.59 Å². The van der Waals surface area contributed by atoms with E-state index in [2.05, 4.69) is 5.32 Å². The van der Waals surface area contributed by atoms with Crippen LogP contribution in [0.25, 0.3) is 0 Å². The number of amides is 2. The fourth-order valence-electron chi connectivity index (χ4n) is 0.980. The third kappa shape index (κ3) is 4.29. The first-order chi connectivity index (χ1) is 6.70. The molecule has 0 heterocycles. The van der Waals surface area contributed by atoms with E-state index in [-0.39, 0.29) is 23.8 Å². The molecule has 0 saturated carbocycles. The van der Waals surface area contributed by atoms with E-state index in [0.717, 1.165) is 0 Å². The molecule has 0 aliphatic carbocycles. The van der Waals surface area contributed by atoms with Crippen LogP contribution in [0.4, 0.5) is 0 Å². The first kappa shape index (κ1) is 13.9. The van der Waals surface area contributed by atoms with Crippen molar-refractivity contribution in [1.29, 1.82) is 0 Å². The maximum absolute atomic E-state index is 11.8. The summed E-state index contributed by atoms with van der Waals surface area (Å²) in [7, 11) is 3.10. The summed E-state index contributed by atoms with van der Waals surface area (Å²) in [6.07, 6.45) is 0. The molecular formula is C10H21N3O2. The Balaban J connectivity index is 4.39. The summed E-state index contributed by atoms with van der Waals surface area (Å²) < 4.78 is 0. The summed E-state index contributed by atoms with van der Waals surface area (Å²) in [5.74, 6) is -0.418. The van der Waals surface area contributed by atoms with Crippen molar-refractivity contribution in [1.82, 2.24) is 10.2 Å². The summed E-state index contributed by atoms with van der Waals surface area (Å²) in [6, 6.07) is -0.591. The highest BCUT2D eigenvalue weighted by atomic mass is 16.2. The van der Waals surface area contributed by atoms with Crippen molar-refractivity contribution in [2.75, 3.05) is 20.6 Å². The molecule has 0 saturated heterocycles. The Morgan fingerprint density at radius 1 is 1.40 bits per heavy atom. The number of rotatable bonds is 3. The number of likely N-dealkylation sites (N-methyl/N-ethyl adjacent to an activating group) is 2. The van der Waals surface area contributed by atoms with Gasteiger partial charge in [-0.1, -0.05) is 20.8 Å². The number of hydrogen-bond acceptors (Lipinski definition) is 3. The minimum absolute atomic E-state index is 0.0408. The van der Waals surface area contributed by atoms with Gasteiger partial charge in [0.05, 0.1) is 12.6 Å². The molecule has 1 unspecified atom stereocenters. The minimum Gasteiger partial charge on any atom is -0.358 e. The Kier molecular flexibility index (Phi) is 4.74. The SMILES string of the molecule is CNC(=O)CN(C)C(=O)C(N)C(C)(C)C. The normalized spacial score (nSPS) is 13.2. The Labute approximate surface area is 91.0 Å². The van der Waals surface area contributed by atoms with Crippen molar-refractivity contribution in [3.8, 4) is 0 Å². The average molecular weight is 215 g/mol. The van der Waals surface area contributed by atoms with Gasteiger partial charge in [0.2, 0.25) is 11.8 Å². The second-order valence-corrected chi connectivity index (χ2v) is 4.71. The molecular weight excluding hydrogens is 194 g/mol. The van der Waals surface area contributed by atoms with Crippen molar-refractivity contribution in [3.63, 3.8) is 0 Å². The van der Waals surface area contributed by atoms with Crippen LogP contribution in [0.2, 0.25) is 0 Å². The molecule has 0 aliphatic heterocycles. The van der Waals surface area contributed by atoms with Crippen molar-refractivity contribution >= 4 is 11.8 Å². The van der Waals surface area contributed by atoms with Gasteiger partial charge in [0, 0.05) is 14.1 Å². The van der Waals surface area contributed by atoms with Gasteiger partial charge in [-0.3, -0.25) is 9.59 Å². The summed E-state index contributed by atoms with van der Waals surface area (Å²) >= 11 is 0. The van der Waals surface area contributed by atoms with Crippen LogP contribution < -0.4 is 11.1 Å². The van der Waals surface area contributed by atoms with Gasteiger partial charge in [0.1, 0.15) is 0 Å². The fraction of sp³-hybridized carbons (Fsp3) is 0.800. The molecule has 0 aromatic carbocycles. The smallest absolute Gasteiger partial charge is 0.240 e. The predicted octanol–water partition coefficient (Wildman–Crippen LogP) is -0.436. The molecule has 5 nitrogen and oxygen atoms in total. The highest BCUT2D eigenvalue weighted by Gasteiger charge is 2.30. The third-order valence-electron chi connectivity index (χ3n) is 2.23. The van der Waals surface area contributed by atoms with Crippen molar-refractivity contribution < 1.29 is 9.59 Å². The zero-order chi connectivity index (χ0) is 12.2. The van der Waals surface area contributed by atoms with E-state index < -0.39 is 6.04 Å². The van der Waals surface area contributed by atoms with E-state index in [1.54, 1.807) is 7.05 Å². The van der Waals surface area contributed by atoms with E-state index >= 15 is 0 Å². The lowest BCUT2D eigenvalue weighted by atomic mass is 9.86. The zero-order valence-corrected chi connectivity index (χ0v) is 10.1. The van der Waals surface area contributed by atoms with Crippen LogP contribution in [0, 0.1) is 5.41 Å². The number of hydrogen-bond donors (Lipinski definition) is 2. The highest BCUT2D eigenvalue weighted by molar-refractivity contribution is 5.87. The van der Waals surface area contributed by atoms with Crippen molar-refractivity contribution in [2.45, 2.75) is 26.8 Å². The predicted molar refractivity (Wildman–Crippen MR) is 59.1 cm³/mol. The molecule has 1 atom stereocenters. The zero-order valence-electron chi connectivity index (χ0n) is 10.1. The molecule has 0 aromatic heterocycles. The largest absolute Gasteiger partial charge is 0.358 e. The van der Waals surface area contributed by atoms with Gasteiger partial charge in [-0.2, -0.15) is 0 Å². The quantitative estimate of drug-likeness (QED) is 0.670. The van der Waals surface area contributed by atoms with Crippen LogP contribution in [-0.4, -0.2) is 43.4 Å². The molecule has 0 radical (unpaired) electrons. The van der Waals surface area contributed by atoms with Crippen LogP contribution in [0.15, 0.2) is 0 Å². The van der Waals surface area contributed by atoms with Gasteiger partial charge in [-0.05, 0) is 5.41 Å². The molecule has 3 N–H and O–H groups in total. The molecule has 0 spiro atoms. The maximum Gasteiger partial charge on any atom is 0.240 e. The number of nitrogens with one attached hydrogen (secondary N) is 1. The Bertz CT molecular complexity index is 246. The molecule has 0 rings (SSSR count). The molecule has 88 valence electrons. The summed E-state index contributed by atoms with van der Waals surface area (Å²) in [5.41, 5.74) is 5.49. The third-order valence-corrected chi connectivity index (χ3v) is 2.23.